The molecule has 0 spiro atoms. The van der Waals surface area contributed by atoms with Crippen molar-refractivity contribution in [2.75, 3.05) is 44.9 Å². The molecule has 0 aromatic carbocycles. The van der Waals surface area contributed by atoms with E-state index in [0.29, 0.717) is 26.1 Å². The first-order chi connectivity index (χ1) is 12.0. The second-order valence-corrected chi connectivity index (χ2v) is 9.95. The molecule has 0 bridgehead atoms. The number of methoxy groups -OCH3 is 1. The molecular weight excluding hydrogens is 360 g/mol. The zero-order valence-electron chi connectivity index (χ0n) is 14.6. The quantitative estimate of drug-likeness (QED) is 0.700. The van der Waals surface area contributed by atoms with Crippen molar-refractivity contribution in [2.24, 2.45) is 0 Å². The molecule has 3 rings (SSSR count). The van der Waals surface area contributed by atoms with Gasteiger partial charge < -0.3 is 9.64 Å². The maximum absolute atomic E-state index is 12.7. The maximum Gasteiger partial charge on any atom is 0.222 e. The van der Waals surface area contributed by atoms with Gasteiger partial charge in [-0.05, 0) is 24.3 Å². The van der Waals surface area contributed by atoms with Crippen LogP contribution in [0.5, 0.6) is 0 Å². The number of hydrogen-bond acceptors (Lipinski definition) is 6. The Morgan fingerprint density at radius 3 is 2.84 bits per heavy atom. The van der Waals surface area contributed by atoms with E-state index < -0.39 is 9.84 Å². The van der Waals surface area contributed by atoms with Gasteiger partial charge in [0, 0.05) is 44.1 Å². The summed E-state index contributed by atoms with van der Waals surface area (Å²) in [5, 5.41) is 2.05. The standard InChI is InChI=1S/C17H26N2O4S2/c1-23-10-9-18-7-8-19(16-13-25(21,22)12-15(16)18)17(20)6-2-4-14-5-3-11-24-14/h3,5,11,15-16H,2,4,6-10,12-13H2,1H3. The molecule has 0 saturated carbocycles. The molecule has 6 nitrogen and oxygen atoms in total. The van der Waals surface area contributed by atoms with Crippen LogP contribution < -0.4 is 0 Å². The summed E-state index contributed by atoms with van der Waals surface area (Å²) in [4.78, 5) is 18.0. The number of sulfone groups is 1. The molecule has 2 fully saturated rings. The number of aryl methyl sites for hydroxylation is 1. The summed E-state index contributed by atoms with van der Waals surface area (Å²) in [5.74, 6) is 0.341. The highest BCUT2D eigenvalue weighted by Crippen LogP contribution is 2.27. The van der Waals surface area contributed by atoms with E-state index in [-0.39, 0.29) is 29.5 Å². The lowest BCUT2D eigenvalue weighted by Gasteiger charge is -2.44. The summed E-state index contributed by atoms with van der Waals surface area (Å²) in [5.41, 5.74) is 0. The summed E-state index contributed by atoms with van der Waals surface area (Å²) in [6.45, 7) is 2.63. The normalized spacial score (nSPS) is 25.9. The van der Waals surface area contributed by atoms with Gasteiger partial charge in [0.1, 0.15) is 0 Å². The van der Waals surface area contributed by atoms with Gasteiger partial charge in [-0.2, -0.15) is 0 Å². The average Bonchev–Trinajstić information content (AvgIpc) is 3.18. The van der Waals surface area contributed by atoms with Crippen LogP contribution in [0.25, 0.3) is 0 Å². The summed E-state index contributed by atoms with van der Waals surface area (Å²) < 4.78 is 29.5. The van der Waals surface area contributed by atoms with Crippen molar-refractivity contribution in [3.63, 3.8) is 0 Å². The minimum absolute atomic E-state index is 0.0878. The van der Waals surface area contributed by atoms with Gasteiger partial charge in [0.25, 0.3) is 0 Å². The Morgan fingerprint density at radius 1 is 1.32 bits per heavy atom. The van der Waals surface area contributed by atoms with Gasteiger partial charge in [0.2, 0.25) is 5.91 Å². The Kier molecular flexibility index (Phi) is 6.14. The highest BCUT2D eigenvalue weighted by atomic mass is 32.2. The molecule has 2 aliphatic heterocycles. The monoisotopic (exact) mass is 386 g/mol. The Hall–Kier alpha value is -0.960. The first-order valence-corrected chi connectivity index (χ1v) is 11.5. The van der Waals surface area contributed by atoms with Gasteiger partial charge in [0.05, 0.1) is 24.2 Å². The lowest BCUT2D eigenvalue weighted by molar-refractivity contribution is -0.137. The van der Waals surface area contributed by atoms with Gasteiger partial charge in [-0.25, -0.2) is 8.42 Å². The Labute approximate surface area is 153 Å². The fourth-order valence-corrected chi connectivity index (χ4v) is 6.60. The topological polar surface area (TPSA) is 66.9 Å². The summed E-state index contributed by atoms with van der Waals surface area (Å²) in [6.07, 6.45) is 2.20. The van der Waals surface area contributed by atoms with E-state index in [4.69, 9.17) is 4.74 Å². The number of carbonyl (C=O) groups excluding carboxylic acids is 1. The van der Waals surface area contributed by atoms with Gasteiger partial charge in [-0.1, -0.05) is 6.07 Å². The summed E-state index contributed by atoms with van der Waals surface area (Å²) in [6, 6.07) is 3.82. The number of thiophene rings is 1. The van der Waals surface area contributed by atoms with E-state index in [9.17, 15) is 13.2 Å². The number of hydrogen-bond donors (Lipinski definition) is 0. The molecule has 140 valence electrons. The largest absolute Gasteiger partial charge is 0.383 e. The van der Waals surface area contributed by atoms with E-state index in [1.165, 1.54) is 4.88 Å². The van der Waals surface area contributed by atoms with Crippen molar-refractivity contribution in [2.45, 2.75) is 31.3 Å². The van der Waals surface area contributed by atoms with Crippen LogP contribution in [0.4, 0.5) is 0 Å². The zero-order valence-corrected chi connectivity index (χ0v) is 16.2. The Bertz CT molecular complexity index is 675. The molecule has 1 amide bonds. The highest BCUT2D eigenvalue weighted by Gasteiger charge is 2.47. The minimum Gasteiger partial charge on any atom is -0.383 e. The average molecular weight is 387 g/mol. The molecule has 0 radical (unpaired) electrons. The third-order valence-corrected chi connectivity index (χ3v) is 7.72. The van der Waals surface area contributed by atoms with E-state index in [1.54, 1.807) is 18.4 Å². The Balaban J connectivity index is 1.60. The highest BCUT2D eigenvalue weighted by molar-refractivity contribution is 7.91. The smallest absolute Gasteiger partial charge is 0.222 e. The molecule has 3 heterocycles. The number of rotatable bonds is 7. The lowest BCUT2D eigenvalue weighted by Crippen LogP contribution is -2.61. The third kappa shape index (κ3) is 4.61. The predicted octanol–water partition coefficient (Wildman–Crippen LogP) is 1.03. The molecule has 8 heteroatoms. The Morgan fingerprint density at radius 2 is 2.12 bits per heavy atom. The molecule has 0 N–H and O–H groups in total. The zero-order chi connectivity index (χ0) is 17.9. The van der Waals surface area contributed by atoms with Crippen molar-refractivity contribution in [1.82, 2.24) is 9.80 Å². The van der Waals surface area contributed by atoms with Gasteiger partial charge in [0.15, 0.2) is 9.84 Å². The van der Waals surface area contributed by atoms with Crippen LogP contribution in [0, 0.1) is 0 Å². The van der Waals surface area contributed by atoms with Crippen LogP contribution in [-0.2, 0) is 25.8 Å². The number of piperazine rings is 1. The fourth-order valence-electron chi connectivity index (χ4n) is 3.83. The van der Waals surface area contributed by atoms with E-state index in [0.717, 1.165) is 19.4 Å². The number of ether oxygens (including phenoxy) is 1. The second-order valence-electron chi connectivity index (χ2n) is 6.76. The molecule has 25 heavy (non-hydrogen) atoms. The van der Waals surface area contributed by atoms with E-state index >= 15 is 0 Å². The number of fused-ring (bicyclic) bond motifs is 1. The van der Waals surface area contributed by atoms with Crippen LogP contribution in [0.2, 0.25) is 0 Å². The second kappa shape index (κ2) is 8.16. The first-order valence-electron chi connectivity index (χ1n) is 8.75. The molecule has 0 aliphatic carbocycles. The van der Waals surface area contributed by atoms with Gasteiger partial charge in [-0.15, -0.1) is 11.3 Å². The van der Waals surface area contributed by atoms with Crippen molar-refractivity contribution < 1.29 is 17.9 Å². The van der Waals surface area contributed by atoms with Gasteiger partial charge in [-0.3, -0.25) is 9.69 Å². The van der Waals surface area contributed by atoms with E-state index in [1.807, 2.05) is 16.3 Å². The molecule has 1 aromatic heterocycles. The summed E-state index contributed by atoms with van der Waals surface area (Å²) in [7, 11) is -1.43. The molecular formula is C17H26N2O4S2. The number of nitrogens with zero attached hydrogens (tertiary/aromatic N) is 2. The molecule has 1 aromatic rings. The first kappa shape index (κ1) is 18.8. The minimum atomic E-state index is -3.08. The van der Waals surface area contributed by atoms with Crippen molar-refractivity contribution in [3.8, 4) is 0 Å². The van der Waals surface area contributed by atoms with Crippen LogP contribution in [0.15, 0.2) is 17.5 Å². The lowest BCUT2D eigenvalue weighted by atomic mass is 10.0. The van der Waals surface area contributed by atoms with Crippen LogP contribution >= 0.6 is 11.3 Å². The van der Waals surface area contributed by atoms with Crippen molar-refractivity contribution in [3.05, 3.63) is 22.4 Å². The number of carbonyl (C=O) groups is 1. The SMILES string of the molecule is COCCN1CCN(C(=O)CCCc2cccs2)C2CS(=O)(=O)CC21. The molecule has 2 atom stereocenters. The molecule has 2 aliphatic rings. The predicted molar refractivity (Wildman–Crippen MR) is 98.6 cm³/mol. The van der Waals surface area contributed by atoms with Crippen LogP contribution in [0.1, 0.15) is 17.7 Å². The molecule has 2 saturated heterocycles. The third-order valence-electron chi connectivity index (χ3n) is 5.09. The van der Waals surface area contributed by atoms with Gasteiger partial charge >= 0.3 is 0 Å². The van der Waals surface area contributed by atoms with E-state index in [2.05, 4.69) is 11.0 Å². The van der Waals surface area contributed by atoms with Crippen LogP contribution in [0.3, 0.4) is 0 Å². The van der Waals surface area contributed by atoms with Crippen LogP contribution in [-0.4, -0.2) is 81.1 Å². The molecule has 2 unspecified atom stereocenters. The number of amides is 1. The van der Waals surface area contributed by atoms with Crippen molar-refractivity contribution >= 4 is 27.1 Å². The fraction of sp³-hybridized carbons (Fsp3) is 0.706. The summed E-state index contributed by atoms with van der Waals surface area (Å²) >= 11 is 1.71. The maximum atomic E-state index is 12.7. The van der Waals surface area contributed by atoms with Crippen molar-refractivity contribution in [1.29, 1.82) is 0 Å².